The van der Waals surface area contributed by atoms with E-state index in [-0.39, 0.29) is 24.2 Å². The maximum atomic E-state index is 12.3. The molecule has 0 aromatic rings. The number of hydrogen-bond donors (Lipinski definition) is 1. The molecule has 4 nitrogen and oxygen atoms in total. The van der Waals surface area contributed by atoms with Gasteiger partial charge in [-0.05, 0) is 39.5 Å². The second-order valence-corrected chi connectivity index (χ2v) is 6.64. The topological polar surface area (TPSA) is 41.6 Å². The third-order valence-corrected chi connectivity index (χ3v) is 4.66. The molecule has 2 fully saturated rings. The predicted octanol–water partition coefficient (Wildman–Crippen LogP) is 2.18. The van der Waals surface area contributed by atoms with Crippen LogP contribution in [0.1, 0.15) is 52.9 Å². The molecule has 1 N–H and O–H groups in total. The minimum absolute atomic E-state index is 0.0487. The molecule has 0 bridgehead atoms. The Bertz CT molecular complexity index is 306. The summed E-state index contributed by atoms with van der Waals surface area (Å²) >= 11 is 0. The number of carbonyl (C=O) groups excluding carboxylic acids is 1. The highest BCUT2D eigenvalue weighted by atomic mass is 16.5. The number of amides is 1. The van der Waals surface area contributed by atoms with Crippen molar-refractivity contribution in [2.45, 2.75) is 71.1 Å². The Morgan fingerprint density at radius 2 is 1.80 bits per heavy atom. The summed E-state index contributed by atoms with van der Waals surface area (Å²) in [5.74, 6) is 0.874. The lowest BCUT2D eigenvalue weighted by Gasteiger charge is -2.38. The van der Waals surface area contributed by atoms with E-state index < -0.39 is 0 Å². The number of carbonyl (C=O) groups is 1. The van der Waals surface area contributed by atoms with Crippen molar-refractivity contribution in [2.75, 3.05) is 19.6 Å². The largest absolute Gasteiger partial charge is 0.373 e. The number of ether oxygens (including phenoxy) is 1. The first-order chi connectivity index (χ1) is 9.56. The van der Waals surface area contributed by atoms with Crippen LogP contribution in [0.25, 0.3) is 0 Å². The quantitative estimate of drug-likeness (QED) is 0.859. The molecule has 0 aromatic heterocycles. The number of morpholine rings is 1. The standard InChI is InChI=1S/C16H30N2O2/c1-12-10-18(11-13(2)20-12)14(3)16(19)17-9-15-7-5-4-6-8-15/h12-15H,4-11H2,1-3H3,(H,17,19). The van der Waals surface area contributed by atoms with E-state index in [0.717, 1.165) is 19.6 Å². The molecule has 3 atom stereocenters. The Morgan fingerprint density at radius 1 is 1.20 bits per heavy atom. The fourth-order valence-corrected chi connectivity index (χ4v) is 3.48. The molecular formula is C16H30N2O2. The highest BCUT2D eigenvalue weighted by molar-refractivity contribution is 5.81. The lowest BCUT2D eigenvalue weighted by molar-refractivity contribution is -0.132. The molecule has 20 heavy (non-hydrogen) atoms. The van der Waals surface area contributed by atoms with Gasteiger partial charge in [-0.2, -0.15) is 0 Å². The van der Waals surface area contributed by atoms with Crippen LogP contribution in [0.2, 0.25) is 0 Å². The first-order valence-corrected chi connectivity index (χ1v) is 8.23. The lowest BCUT2D eigenvalue weighted by atomic mass is 9.89. The van der Waals surface area contributed by atoms with Gasteiger partial charge in [0.2, 0.25) is 5.91 Å². The highest BCUT2D eigenvalue weighted by Crippen LogP contribution is 2.22. The number of hydrogen-bond acceptors (Lipinski definition) is 3. The van der Waals surface area contributed by atoms with Gasteiger partial charge in [0.05, 0.1) is 18.2 Å². The van der Waals surface area contributed by atoms with Gasteiger partial charge in [-0.1, -0.05) is 19.3 Å². The van der Waals surface area contributed by atoms with Crippen LogP contribution in [0, 0.1) is 5.92 Å². The molecule has 0 radical (unpaired) electrons. The van der Waals surface area contributed by atoms with E-state index >= 15 is 0 Å². The zero-order valence-electron chi connectivity index (χ0n) is 13.2. The number of rotatable bonds is 4. The molecule has 0 aromatic carbocycles. The van der Waals surface area contributed by atoms with Crippen LogP contribution in [0.15, 0.2) is 0 Å². The van der Waals surface area contributed by atoms with Crippen molar-refractivity contribution >= 4 is 5.91 Å². The van der Waals surface area contributed by atoms with E-state index in [9.17, 15) is 4.79 Å². The SMILES string of the molecule is CC1CN(C(C)C(=O)NCC2CCCCC2)CC(C)O1. The molecule has 1 aliphatic heterocycles. The molecule has 1 amide bonds. The first-order valence-electron chi connectivity index (χ1n) is 8.23. The van der Waals surface area contributed by atoms with Crippen molar-refractivity contribution in [3.8, 4) is 0 Å². The van der Waals surface area contributed by atoms with E-state index in [1.807, 2.05) is 6.92 Å². The predicted molar refractivity (Wildman–Crippen MR) is 80.6 cm³/mol. The third kappa shape index (κ3) is 4.45. The molecule has 1 saturated heterocycles. The van der Waals surface area contributed by atoms with Gasteiger partial charge in [-0.25, -0.2) is 0 Å². The van der Waals surface area contributed by atoms with Crippen molar-refractivity contribution in [3.05, 3.63) is 0 Å². The molecule has 3 unspecified atom stereocenters. The fourth-order valence-electron chi connectivity index (χ4n) is 3.48. The maximum Gasteiger partial charge on any atom is 0.237 e. The average molecular weight is 282 g/mol. The Labute approximate surface area is 123 Å². The van der Waals surface area contributed by atoms with Crippen molar-refractivity contribution in [3.63, 3.8) is 0 Å². The molecule has 0 spiro atoms. The van der Waals surface area contributed by atoms with Crippen LogP contribution in [-0.2, 0) is 9.53 Å². The van der Waals surface area contributed by atoms with E-state index in [4.69, 9.17) is 4.74 Å². The van der Waals surface area contributed by atoms with Crippen LogP contribution in [0.5, 0.6) is 0 Å². The summed E-state index contributed by atoms with van der Waals surface area (Å²) in [4.78, 5) is 14.5. The first kappa shape index (κ1) is 15.8. The van der Waals surface area contributed by atoms with Gasteiger partial charge in [0.25, 0.3) is 0 Å². The molecule has 1 saturated carbocycles. The van der Waals surface area contributed by atoms with E-state index in [2.05, 4.69) is 24.1 Å². The summed E-state index contributed by atoms with van der Waals surface area (Å²) in [5, 5.41) is 3.16. The second-order valence-electron chi connectivity index (χ2n) is 6.64. The second kappa shape index (κ2) is 7.41. The van der Waals surface area contributed by atoms with Gasteiger partial charge < -0.3 is 10.1 Å². The van der Waals surface area contributed by atoms with Crippen LogP contribution in [0.3, 0.4) is 0 Å². The third-order valence-electron chi connectivity index (χ3n) is 4.66. The molecule has 2 rings (SSSR count). The normalized spacial score (nSPS) is 30.9. The average Bonchev–Trinajstić information content (AvgIpc) is 2.44. The van der Waals surface area contributed by atoms with E-state index in [0.29, 0.717) is 5.92 Å². The fraction of sp³-hybridized carbons (Fsp3) is 0.938. The monoisotopic (exact) mass is 282 g/mol. The van der Waals surface area contributed by atoms with Crippen molar-refractivity contribution in [2.24, 2.45) is 5.92 Å². The molecule has 116 valence electrons. The highest BCUT2D eigenvalue weighted by Gasteiger charge is 2.29. The minimum atomic E-state index is -0.0487. The van der Waals surface area contributed by atoms with Gasteiger partial charge in [-0.3, -0.25) is 9.69 Å². The minimum Gasteiger partial charge on any atom is -0.373 e. The Hall–Kier alpha value is -0.610. The van der Waals surface area contributed by atoms with Crippen molar-refractivity contribution in [1.82, 2.24) is 10.2 Å². The van der Waals surface area contributed by atoms with Crippen LogP contribution in [-0.4, -0.2) is 48.7 Å². The van der Waals surface area contributed by atoms with Gasteiger partial charge in [0.15, 0.2) is 0 Å². The van der Waals surface area contributed by atoms with Crippen LogP contribution in [0.4, 0.5) is 0 Å². The molecule has 1 aliphatic carbocycles. The zero-order chi connectivity index (χ0) is 14.5. The summed E-state index contributed by atoms with van der Waals surface area (Å²) in [6.45, 7) is 8.73. The Balaban J connectivity index is 1.76. The van der Waals surface area contributed by atoms with Crippen molar-refractivity contribution in [1.29, 1.82) is 0 Å². The molecule has 2 aliphatic rings. The van der Waals surface area contributed by atoms with Gasteiger partial charge >= 0.3 is 0 Å². The Kier molecular flexibility index (Phi) is 5.85. The summed E-state index contributed by atoms with van der Waals surface area (Å²) in [7, 11) is 0. The summed E-state index contributed by atoms with van der Waals surface area (Å²) < 4.78 is 5.73. The summed E-state index contributed by atoms with van der Waals surface area (Å²) in [5.41, 5.74) is 0. The molecule has 1 heterocycles. The number of nitrogens with one attached hydrogen (secondary N) is 1. The smallest absolute Gasteiger partial charge is 0.237 e. The van der Waals surface area contributed by atoms with Crippen LogP contribution < -0.4 is 5.32 Å². The van der Waals surface area contributed by atoms with E-state index in [1.54, 1.807) is 0 Å². The molecule has 4 heteroatoms. The van der Waals surface area contributed by atoms with Gasteiger partial charge in [0.1, 0.15) is 0 Å². The summed E-state index contributed by atoms with van der Waals surface area (Å²) in [6.07, 6.45) is 7.01. The van der Waals surface area contributed by atoms with E-state index in [1.165, 1.54) is 32.1 Å². The maximum absolute atomic E-state index is 12.3. The van der Waals surface area contributed by atoms with Gasteiger partial charge in [0, 0.05) is 19.6 Å². The lowest BCUT2D eigenvalue weighted by Crippen LogP contribution is -2.54. The molecular weight excluding hydrogens is 252 g/mol. The van der Waals surface area contributed by atoms with Gasteiger partial charge in [-0.15, -0.1) is 0 Å². The van der Waals surface area contributed by atoms with Crippen LogP contribution >= 0.6 is 0 Å². The summed E-state index contributed by atoms with van der Waals surface area (Å²) in [6, 6.07) is -0.0487. The Morgan fingerprint density at radius 3 is 2.40 bits per heavy atom. The number of nitrogens with zero attached hydrogens (tertiary/aromatic N) is 1. The van der Waals surface area contributed by atoms with Crippen molar-refractivity contribution < 1.29 is 9.53 Å². The zero-order valence-corrected chi connectivity index (χ0v) is 13.2.